The molecule has 21 heavy (non-hydrogen) atoms. The van der Waals surface area contributed by atoms with Crippen molar-refractivity contribution in [3.05, 3.63) is 0 Å². The van der Waals surface area contributed by atoms with Gasteiger partial charge in [-0.1, -0.05) is 0 Å². The van der Waals surface area contributed by atoms with Gasteiger partial charge in [0.2, 0.25) is 0 Å². The van der Waals surface area contributed by atoms with Crippen molar-refractivity contribution in [3.8, 4) is 0 Å². The van der Waals surface area contributed by atoms with E-state index in [-0.39, 0.29) is 24.9 Å². The summed E-state index contributed by atoms with van der Waals surface area (Å²) in [5.41, 5.74) is 0. The maximum Gasteiger partial charge on any atom is 0.317 e. The molecule has 1 aliphatic heterocycles. The van der Waals surface area contributed by atoms with Gasteiger partial charge in [0.05, 0.1) is 4.75 Å². The number of carbonyl (C=O) groups is 2. The van der Waals surface area contributed by atoms with Crippen LogP contribution in [0.4, 0.5) is 4.79 Å². The molecule has 7 nitrogen and oxygen atoms in total. The third kappa shape index (κ3) is 5.18. The van der Waals surface area contributed by atoms with Crippen molar-refractivity contribution in [2.45, 2.75) is 37.9 Å². The summed E-state index contributed by atoms with van der Waals surface area (Å²) < 4.78 is 22.1. The number of amides is 2. The Morgan fingerprint density at radius 3 is 2.52 bits per heavy atom. The van der Waals surface area contributed by atoms with E-state index >= 15 is 0 Å². The number of hydrogen-bond donors (Lipinski definition) is 2. The third-order valence-electron chi connectivity index (χ3n) is 4.01. The summed E-state index contributed by atoms with van der Waals surface area (Å²) in [5.74, 6) is -0.623. The van der Waals surface area contributed by atoms with Gasteiger partial charge in [0.15, 0.2) is 9.84 Å². The zero-order valence-electron chi connectivity index (χ0n) is 12.8. The quantitative estimate of drug-likeness (QED) is 0.750. The van der Waals surface area contributed by atoms with Gasteiger partial charge in [0.1, 0.15) is 0 Å². The smallest absolute Gasteiger partial charge is 0.317 e. The van der Waals surface area contributed by atoms with E-state index in [0.29, 0.717) is 19.5 Å². The van der Waals surface area contributed by atoms with Crippen LogP contribution in [-0.2, 0) is 14.6 Å². The topological polar surface area (TPSA) is 104 Å². The second-order valence-corrected chi connectivity index (χ2v) is 8.87. The molecule has 122 valence electrons. The van der Waals surface area contributed by atoms with Crippen LogP contribution >= 0.6 is 0 Å². The lowest BCUT2D eigenvalue weighted by Crippen LogP contribution is -2.47. The van der Waals surface area contributed by atoms with Crippen LogP contribution < -0.4 is 5.32 Å². The molecule has 0 spiro atoms. The Bertz CT molecular complexity index is 501. The number of likely N-dealkylation sites (tertiary alicyclic amines) is 1. The van der Waals surface area contributed by atoms with Crippen molar-refractivity contribution >= 4 is 21.8 Å². The monoisotopic (exact) mass is 320 g/mol. The first-order valence-corrected chi connectivity index (χ1v) is 8.86. The Morgan fingerprint density at radius 2 is 2.00 bits per heavy atom. The van der Waals surface area contributed by atoms with E-state index < -0.39 is 20.6 Å². The van der Waals surface area contributed by atoms with Gasteiger partial charge in [-0.05, 0) is 32.6 Å². The molecule has 0 saturated carbocycles. The second kappa shape index (κ2) is 6.64. The molecule has 1 atom stereocenters. The number of nitrogens with zero attached hydrogens (tertiary/aromatic N) is 1. The summed E-state index contributed by atoms with van der Waals surface area (Å²) in [4.78, 5) is 24.2. The van der Waals surface area contributed by atoms with Crippen molar-refractivity contribution in [1.82, 2.24) is 10.2 Å². The van der Waals surface area contributed by atoms with Crippen molar-refractivity contribution < 1.29 is 23.1 Å². The highest BCUT2D eigenvalue weighted by molar-refractivity contribution is 7.92. The number of nitrogens with one attached hydrogen (secondary N) is 1. The highest BCUT2D eigenvalue weighted by Crippen LogP contribution is 2.21. The van der Waals surface area contributed by atoms with E-state index in [0.717, 1.165) is 12.7 Å². The van der Waals surface area contributed by atoms with Crippen LogP contribution in [0.2, 0.25) is 0 Å². The SMILES string of the molecule is CC(C)(CNC(=O)N1CCC(CCC(=O)O)C1)S(C)(=O)=O. The van der Waals surface area contributed by atoms with Gasteiger partial charge in [-0.3, -0.25) is 4.79 Å². The lowest BCUT2D eigenvalue weighted by molar-refractivity contribution is -0.137. The van der Waals surface area contributed by atoms with Crippen LogP contribution in [0.1, 0.15) is 33.1 Å². The molecule has 0 radical (unpaired) electrons. The van der Waals surface area contributed by atoms with Crippen LogP contribution in [0.3, 0.4) is 0 Å². The molecule has 1 heterocycles. The number of carboxylic acids is 1. The molecule has 0 aromatic carbocycles. The van der Waals surface area contributed by atoms with Gasteiger partial charge in [-0.15, -0.1) is 0 Å². The van der Waals surface area contributed by atoms with Crippen LogP contribution in [0, 0.1) is 5.92 Å². The fraction of sp³-hybridized carbons (Fsp3) is 0.846. The molecule has 1 aliphatic rings. The minimum atomic E-state index is -3.25. The molecule has 1 fully saturated rings. The highest BCUT2D eigenvalue weighted by atomic mass is 32.2. The first-order chi connectivity index (χ1) is 9.53. The minimum Gasteiger partial charge on any atom is -0.481 e. The number of sulfone groups is 1. The summed E-state index contributed by atoms with van der Waals surface area (Å²) in [5, 5.41) is 11.3. The maximum atomic E-state index is 12.0. The Morgan fingerprint density at radius 1 is 1.38 bits per heavy atom. The van der Waals surface area contributed by atoms with E-state index in [1.54, 1.807) is 18.7 Å². The van der Waals surface area contributed by atoms with Crippen LogP contribution in [0.25, 0.3) is 0 Å². The molecule has 2 amide bonds. The summed E-state index contributed by atoms with van der Waals surface area (Å²) in [6.07, 6.45) is 2.61. The Balaban J connectivity index is 2.43. The lowest BCUT2D eigenvalue weighted by Gasteiger charge is -2.25. The molecule has 1 saturated heterocycles. The standard InChI is InChI=1S/C13H24N2O5S/c1-13(2,21(3,19)20)9-14-12(18)15-7-6-10(8-15)4-5-11(16)17/h10H,4-9H2,1-3H3,(H,14,18)(H,16,17). The minimum absolute atomic E-state index is 0.0565. The molecular formula is C13H24N2O5S. The van der Waals surface area contributed by atoms with Crippen molar-refractivity contribution in [2.24, 2.45) is 5.92 Å². The highest BCUT2D eigenvalue weighted by Gasteiger charge is 2.32. The first kappa shape index (κ1) is 17.7. The molecule has 0 bridgehead atoms. The fourth-order valence-corrected chi connectivity index (χ4v) is 2.45. The van der Waals surface area contributed by atoms with Crippen molar-refractivity contribution in [1.29, 1.82) is 0 Å². The number of rotatable bonds is 6. The summed E-state index contributed by atoms with van der Waals surface area (Å²) in [6.45, 7) is 4.30. The average Bonchev–Trinajstić information content (AvgIpc) is 2.81. The van der Waals surface area contributed by atoms with Crippen molar-refractivity contribution in [2.75, 3.05) is 25.9 Å². The molecule has 0 aromatic heterocycles. The van der Waals surface area contributed by atoms with Gasteiger partial charge in [0, 0.05) is 32.3 Å². The molecule has 2 N–H and O–H groups in total. The molecule has 1 rings (SSSR count). The largest absolute Gasteiger partial charge is 0.481 e. The normalized spacial score (nSPS) is 19.6. The molecule has 0 aliphatic carbocycles. The predicted octanol–water partition coefficient (Wildman–Crippen LogP) is 0.706. The van der Waals surface area contributed by atoms with Gasteiger partial charge in [-0.25, -0.2) is 13.2 Å². The van der Waals surface area contributed by atoms with Gasteiger partial charge < -0.3 is 15.3 Å². The number of aliphatic carboxylic acids is 1. The molecule has 1 unspecified atom stereocenters. The zero-order valence-corrected chi connectivity index (χ0v) is 13.6. The molecule has 0 aromatic rings. The maximum absolute atomic E-state index is 12.0. The second-order valence-electron chi connectivity index (χ2n) is 6.22. The summed E-state index contributed by atoms with van der Waals surface area (Å²) in [7, 11) is -3.25. The van der Waals surface area contributed by atoms with E-state index in [2.05, 4.69) is 5.32 Å². The van der Waals surface area contributed by atoms with Crippen LogP contribution in [0.15, 0.2) is 0 Å². The Kier molecular flexibility index (Phi) is 5.61. The third-order valence-corrected chi connectivity index (χ3v) is 6.16. The van der Waals surface area contributed by atoms with E-state index in [9.17, 15) is 18.0 Å². The Hall–Kier alpha value is -1.31. The Labute approximate surface area is 125 Å². The van der Waals surface area contributed by atoms with Gasteiger partial charge in [-0.2, -0.15) is 0 Å². The van der Waals surface area contributed by atoms with E-state index in [4.69, 9.17) is 5.11 Å². The fourth-order valence-electron chi connectivity index (χ4n) is 2.11. The van der Waals surface area contributed by atoms with E-state index in [1.807, 2.05) is 0 Å². The molecular weight excluding hydrogens is 296 g/mol. The van der Waals surface area contributed by atoms with Crippen LogP contribution in [-0.4, -0.2) is 61.1 Å². The summed E-state index contributed by atoms with van der Waals surface area (Å²) in [6, 6.07) is -0.287. The predicted molar refractivity (Wildman–Crippen MR) is 78.9 cm³/mol. The zero-order chi connectivity index (χ0) is 16.3. The number of urea groups is 1. The van der Waals surface area contributed by atoms with Gasteiger partial charge >= 0.3 is 12.0 Å². The molecule has 8 heteroatoms. The lowest BCUT2D eigenvalue weighted by atomic mass is 10.0. The number of hydrogen-bond acceptors (Lipinski definition) is 4. The first-order valence-electron chi connectivity index (χ1n) is 6.97. The summed E-state index contributed by atoms with van der Waals surface area (Å²) >= 11 is 0. The number of carbonyl (C=O) groups excluding carboxylic acids is 1. The average molecular weight is 320 g/mol. The van der Waals surface area contributed by atoms with Crippen LogP contribution in [0.5, 0.6) is 0 Å². The van der Waals surface area contributed by atoms with Gasteiger partial charge in [0.25, 0.3) is 0 Å². The number of carboxylic acid groups (broad SMARTS) is 1. The van der Waals surface area contributed by atoms with Crippen molar-refractivity contribution in [3.63, 3.8) is 0 Å². The van der Waals surface area contributed by atoms with E-state index in [1.165, 1.54) is 0 Å².